The highest BCUT2D eigenvalue weighted by Crippen LogP contribution is 2.28. The van der Waals surface area contributed by atoms with E-state index in [1.165, 1.54) is 12.1 Å². The van der Waals surface area contributed by atoms with E-state index in [1.54, 1.807) is 24.5 Å². The van der Waals surface area contributed by atoms with E-state index >= 15 is 0 Å². The van der Waals surface area contributed by atoms with E-state index in [-0.39, 0.29) is 16.7 Å². The predicted molar refractivity (Wildman–Crippen MR) is 114 cm³/mol. The number of hydrogen-bond acceptors (Lipinski definition) is 8. The Morgan fingerprint density at radius 3 is 2.47 bits per heavy atom. The zero-order chi connectivity index (χ0) is 21.9. The summed E-state index contributed by atoms with van der Waals surface area (Å²) < 4.78 is 62.0. The number of nitrogens with one attached hydrogen (secondary N) is 1. The largest absolute Gasteiger partial charge is 0.494 e. The van der Waals surface area contributed by atoms with Gasteiger partial charge in [-0.1, -0.05) is 0 Å². The van der Waals surface area contributed by atoms with Gasteiger partial charge in [-0.05, 0) is 57.4 Å². The van der Waals surface area contributed by atoms with E-state index in [4.69, 9.17) is 9.15 Å². The Balaban J connectivity index is 1.81. The van der Waals surface area contributed by atoms with Crippen molar-refractivity contribution in [1.29, 1.82) is 0 Å². The fourth-order valence-corrected chi connectivity index (χ4v) is 8.38. The Morgan fingerprint density at radius 1 is 1.20 bits per heavy atom. The summed E-state index contributed by atoms with van der Waals surface area (Å²) in [5, 5.41) is 2.12. The first-order valence-electron chi connectivity index (χ1n) is 9.74. The summed E-state index contributed by atoms with van der Waals surface area (Å²) in [6.45, 7) is 2.67. The molecule has 3 rings (SSSR count). The molecule has 1 aromatic carbocycles. The standard InChI is InChI=1S/C20H28N2O6S2/c1-4-27-15-7-9-16(10-8-15)30(25,26)20-14-29(23,24)13-17(20)21-12-18(22(2)3)19-6-5-11-28-19/h5-11,17-18,20-21H,4,12-14H2,1-3H3/t17-,18?,20-/m0/s1. The van der Waals surface area contributed by atoms with E-state index < -0.39 is 36.7 Å². The minimum Gasteiger partial charge on any atom is -0.494 e. The first-order chi connectivity index (χ1) is 14.1. The summed E-state index contributed by atoms with van der Waals surface area (Å²) in [7, 11) is -3.56. The molecule has 166 valence electrons. The van der Waals surface area contributed by atoms with Gasteiger partial charge in [0.15, 0.2) is 19.7 Å². The van der Waals surface area contributed by atoms with Crippen molar-refractivity contribution in [2.24, 2.45) is 0 Å². The van der Waals surface area contributed by atoms with Crippen LogP contribution in [-0.4, -0.2) is 71.8 Å². The maximum absolute atomic E-state index is 13.2. The Morgan fingerprint density at radius 2 is 1.90 bits per heavy atom. The van der Waals surface area contributed by atoms with E-state index in [0.717, 1.165) is 5.76 Å². The molecule has 1 aliphatic heterocycles. The monoisotopic (exact) mass is 456 g/mol. The fourth-order valence-electron chi connectivity index (χ4n) is 3.66. The Hall–Kier alpha value is -1.88. The van der Waals surface area contributed by atoms with Crippen LogP contribution in [0.25, 0.3) is 0 Å². The summed E-state index contributed by atoms with van der Waals surface area (Å²) in [5.74, 6) is 0.677. The minimum atomic E-state index is -3.85. The zero-order valence-electron chi connectivity index (χ0n) is 17.3. The molecule has 1 saturated heterocycles. The summed E-state index contributed by atoms with van der Waals surface area (Å²) in [4.78, 5) is 2.03. The third-order valence-electron chi connectivity index (χ3n) is 5.23. The molecular weight excluding hydrogens is 428 g/mol. The molecule has 1 fully saturated rings. The number of nitrogens with zero attached hydrogens (tertiary/aromatic N) is 1. The van der Waals surface area contributed by atoms with Gasteiger partial charge in [0.25, 0.3) is 0 Å². The van der Waals surface area contributed by atoms with Gasteiger partial charge in [-0.2, -0.15) is 0 Å². The second-order valence-electron chi connectivity index (χ2n) is 7.57. The molecule has 2 heterocycles. The molecule has 1 aliphatic rings. The molecule has 8 nitrogen and oxygen atoms in total. The first kappa shape index (κ1) is 22.8. The van der Waals surface area contributed by atoms with Crippen molar-refractivity contribution in [2.45, 2.75) is 29.2 Å². The van der Waals surface area contributed by atoms with Crippen molar-refractivity contribution in [3.05, 3.63) is 48.4 Å². The number of hydrogen-bond donors (Lipinski definition) is 1. The molecule has 30 heavy (non-hydrogen) atoms. The van der Waals surface area contributed by atoms with Crippen LogP contribution in [0.3, 0.4) is 0 Å². The number of rotatable bonds is 9. The van der Waals surface area contributed by atoms with Gasteiger partial charge in [0.05, 0.1) is 40.6 Å². The van der Waals surface area contributed by atoms with Crippen molar-refractivity contribution in [2.75, 3.05) is 38.8 Å². The van der Waals surface area contributed by atoms with Crippen LogP contribution in [0.2, 0.25) is 0 Å². The molecule has 0 spiro atoms. The highest BCUT2D eigenvalue weighted by Gasteiger charge is 2.46. The van der Waals surface area contributed by atoms with Crippen LogP contribution in [0.15, 0.2) is 52.0 Å². The van der Waals surface area contributed by atoms with Crippen LogP contribution >= 0.6 is 0 Å². The molecule has 2 aromatic rings. The molecule has 1 aromatic heterocycles. The SMILES string of the molecule is CCOc1ccc(S(=O)(=O)[C@H]2CS(=O)(=O)C[C@@H]2NCC(c2ccco2)N(C)C)cc1. The van der Waals surface area contributed by atoms with E-state index in [0.29, 0.717) is 18.9 Å². The molecule has 0 aliphatic carbocycles. The summed E-state index contributed by atoms with van der Waals surface area (Å²) in [6, 6.07) is 8.86. The van der Waals surface area contributed by atoms with Crippen LogP contribution in [0, 0.1) is 0 Å². The molecule has 3 atom stereocenters. The number of furan rings is 1. The second kappa shape index (κ2) is 9.09. The van der Waals surface area contributed by atoms with Crippen LogP contribution in [0.4, 0.5) is 0 Å². The zero-order valence-corrected chi connectivity index (χ0v) is 18.9. The summed E-state index contributed by atoms with van der Waals surface area (Å²) in [6.07, 6.45) is 1.57. The third-order valence-corrected chi connectivity index (χ3v) is 9.40. The number of ether oxygens (including phenoxy) is 1. The Kier molecular flexibility index (Phi) is 6.91. The second-order valence-corrected chi connectivity index (χ2v) is 11.9. The molecule has 0 bridgehead atoms. The lowest BCUT2D eigenvalue weighted by atomic mass is 10.2. The Labute approximate surface area is 178 Å². The lowest BCUT2D eigenvalue weighted by molar-refractivity contribution is 0.245. The average Bonchev–Trinajstić information content (AvgIpc) is 3.30. The average molecular weight is 457 g/mol. The van der Waals surface area contributed by atoms with Crippen LogP contribution in [0.5, 0.6) is 5.75 Å². The molecular formula is C20H28N2O6S2. The van der Waals surface area contributed by atoms with E-state index in [1.807, 2.05) is 32.0 Å². The first-order valence-corrected chi connectivity index (χ1v) is 13.1. The van der Waals surface area contributed by atoms with Gasteiger partial charge < -0.3 is 14.5 Å². The van der Waals surface area contributed by atoms with Crippen molar-refractivity contribution in [3.63, 3.8) is 0 Å². The summed E-state index contributed by atoms with van der Waals surface area (Å²) >= 11 is 0. The van der Waals surface area contributed by atoms with Gasteiger partial charge in [0.2, 0.25) is 0 Å². The minimum absolute atomic E-state index is 0.0926. The maximum Gasteiger partial charge on any atom is 0.183 e. The van der Waals surface area contributed by atoms with Crippen molar-refractivity contribution >= 4 is 19.7 Å². The molecule has 0 radical (unpaired) electrons. The predicted octanol–water partition coefficient (Wildman–Crippen LogP) is 1.51. The topological polar surface area (TPSA) is 106 Å². The Bertz CT molecular complexity index is 1030. The van der Waals surface area contributed by atoms with Crippen molar-refractivity contribution < 1.29 is 26.0 Å². The molecule has 0 amide bonds. The van der Waals surface area contributed by atoms with Gasteiger partial charge in [-0.25, -0.2) is 16.8 Å². The number of likely N-dealkylation sites (N-methyl/N-ethyl adjacent to an activating group) is 1. The van der Waals surface area contributed by atoms with Gasteiger partial charge in [-0.15, -0.1) is 0 Å². The van der Waals surface area contributed by atoms with Crippen LogP contribution in [-0.2, 0) is 19.7 Å². The van der Waals surface area contributed by atoms with E-state index in [2.05, 4.69) is 5.32 Å². The highest BCUT2D eigenvalue weighted by atomic mass is 32.2. The highest BCUT2D eigenvalue weighted by molar-refractivity contribution is 7.96. The molecule has 1 N–H and O–H groups in total. The van der Waals surface area contributed by atoms with Crippen LogP contribution in [0.1, 0.15) is 18.7 Å². The van der Waals surface area contributed by atoms with Crippen LogP contribution < -0.4 is 10.1 Å². The lowest BCUT2D eigenvalue weighted by Crippen LogP contribution is -2.46. The normalized spacial score (nSPS) is 22.3. The van der Waals surface area contributed by atoms with Gasteiger partial charge >= 0.3 is 0 Å². The van der Waals surface area contributed by atoms with Gasteiger partial charge in [-0.3, -0.25) is 4.90 Å². The number of sulfone groups is 2. The molecule has 1 unspecified atom stereocenters. The van der Waals surface area contributed by atoms with Crippen molar-refractivity contribution in [3.8, 4) is 5.75 Å². The quantitative estimate of drug-likeness (QED) is 0.605. The van der Waals surface area contributed by atoms with E-state index in [9.17, 15) is 16.8 Å². The smallest absolute Gasteiger partial charge is 0.183 e. The molecule has 0 saturated carbocycles. The fraction of sp³-hybridized carbons (Fsp3) is 0.500. The molecule has 10 heteroatoms. The number of benzene rings is 1. The third kappa shape index (κ3) is 5.05. The van der Waals surface area contributed by atoms with Gasteiger partial charge in [0.1, 0.15) is 11.5 Å². The van der Waals surface area contributed by atoms with Gasteiger partial charge in [0, 0.05) is 12.6 Å². The maximum atomic E-state index is 13.2. The lowest BCUT2D eigenvalue weighted by Gasteiger charge is -2.26. The van der Waals surface area contributed by atoms with Crippen molar-refractivity contribution in [1.82, 2.24) is 10.2 Å². The summed E-state index contributed by atoms with van der Waals surface area (Å²) in [5.41, 5.74) is 0.